The maximum atomic E-state index is 11.5. The highest BCUT2D eigenvalue weighted by molar-refractivity contribution is 5.94. The van der Waals surface area contributed by atoms with Crippen LogP contribution in [0.5, 0.6) is 5.75 Å². The molecule has 0 radical (unpaired) electrons. The highest BCUT2D eigenvalue weighted by Gasteiger charge is 2.20. The molecule has 2 aromatic carbocycles. The third-order valence-electron chi connectivity index (χ3n) is 5.68. The number of hydrogen-bond donors (Lipinski definition) is 3. The topological polar surface area (TPSA) is 105 Å². The van der Waals surface area contributed by atoms with Crippen LogP contribution in [0.3, 0.4) is 0 Å². The van der Waals surface area contributed by atoms with E-state index in [1.165, 1.54) is 6.07 Å². The summed E-state index contributed by atoms with van der Waals surface area (Å²) in [4.78, 5) is 20.3. The quantitative estimate of drug-likeness (QED) is 0.522. The number of aliphatic hydroxyl groups is 1. The van der Waals surface area contributed by atoms with Gasteiger partial charge in [0.2, 0.25) is 0 Å². The summed E-state index contributed by atoms with van der Waals surface area (Å²) in [6, 6.07) is 16.4. The van der Waals surface area contributed by atoms with Gasteiger partial charge in [0.25, 0.3) is 0 Å². The monoisotopic (exact) mass is 433 g/mol. The zero-order chi connectivity index (χ0) is 22.5. The summed E-state index contributed by atoms with van der Waals surface area (Å²) >= 11 is 0. The largest absolute Gasteiger partial charge is 0.489 e. The molecule has 1 aliphatic heterocycles. The van der Waals surface area contributed by atoms with Gasteiger partial charge in [0, 0.05) is 36.5 Å². The molecule has 0 amide bonds. The first-order valence-corrected chi connectivity index (χ1v) is 10.8. The Morgan fingerprint density at radius 2 is 2.03 bits per heavy atom. The molecule has 3 aromatic rings. The van der Waals surface area contributed by atoms with Gasteiger partial charge in [-0.25, -0.2) is 14.8 Å². The van der Waals surface area contributed by atoms with Gasteiger partial charge in [-0.15, -0.1) is 0 Å². The number of carbonyl (C=O) groups is 1. The minimum absolute atomic E-state index is 0.123. The molecule has 0 spiro atoms. The standard InChI is InChI=1S/C25H27N3O4/c1-16-9-10-20(15-27-16)32-19-6-4-5-17(13-19)23(29)14-18-11-12-26-24(28-18)21-7-2-3-8-22(21)25(30)31/h2-8,11-13,16,20,23,27,29H,9-10,14-15H2,1H3,(H,30,31)/t16-,20-,23?/m1/s1. The van der Waals surface area contributed by atoms with Crippen LogP contribution in [0.1, 0.15) is 47.5 Å². The molecular formula is C25H27N3O4. The Labute approximate surface area is 187 Å². The van der Waals surface area contributed by atoms with E-state index in [2.05, 4.69) is 22.2 Å². The van der Waals surface area contributed by atoms with Crippen LogP contribution in [0.2, 0.25) is 0 Å². The first-order chi connectivity index (χ1) is 15.5. The second-order valence-corrected chi connectivity index (χ2v) is 8.14. The molecule has 1 unspecified atom stereocenters. The van der Waals surface area contributed by atoms with Crippen LogP contribution in [-0.4, -0.2) is 44.8 Å². The number of piperidine rings is 1. The van der Waals surface area contributed by atoms with Crippen LogP contribution in [0.25, 0.3) is 11.4 Å². The Balaban J connectivity index is 1.47. The highest BCUT2D eigenvalue weighted by Crippen LogP contribution is 2.25. The Morgan fingerprint density at radius 1 is 1.19 bits per heavy atom. The fourth-order valence-electron chi connectivity index (χ4n) is 3.88. The third-order valence-corrected chi connectivity index (χ3v) is 5.68. The molecule has 1 aromatic heterocycles. The van der Waals surface area contributed by atoms with Crippen molar-refractivity contribution in [3.63, 3.8) is 0 Å². The summed E-state index contributed by atoms with van der Waals surface area (Å²) in [5.41, 5.74) is 1.95. The number of aromatic nitrogens is 2. The molecule has 0 aliphatic carbocycles. The Bertz CT molecular complexity index is 1080. The van der Waals surface area contributed by atoms with Crippen molar-refractivity contribution in [3.05, 3.63) is 77.6 Å². The average Bonchev–Trinajstić information content (AvgIpc) is 2.81. The number of rotatable bonds is 7. The number of carboxylic acids is 1. The average molecular weight is 434 g/mol. The van der Waals surface area contributed by atoms with Gasteiger partial charge >= 0.3 is 5.97 Å². The van der Waals surface area contributed by atoms with Crippen LogP contribution in [0.15, 0.2) is 60.8 Å². The molecular weight excluding hydrogens is 406 g/mol. The lowest BCUT2D eigenvalue weighted by molar-refractivity contribution is 0.0697. The molecule has 1 fully saturated rings. The summed E-state index contributed by atoms with van der Waals surface area (Å²) in [6.07, 6.45) is 3.28. The lowest BCUT2D eigenvalue weighted by atomic mass is 10.0. The van der Waals surface area contributed by atoms with E-state index in [9.17, 15) is 15.0 Å². The first kappa shape index (κ1) is 21.9. The third kappa shape index (κ3) is 5.30. The molecule has 32 heavy (non-hydrogen) atoms. The highest BCUT2D eigenvalue weighted by atomic mass is 16.5. The molecule has 7 nitrogen and oxygen atoms in total. The Morgan fingerprint density at radius 3 is 2.81 bits per heavy atom. The number of benzene rings is 2. The molecule has 7 heteroatoms. The van der Waals surface area contributed by atoms with E-state index in [0.717, 1.165) is 30.7 Å². The van der Waals surface area contributed by atoms with E-state index in [1.54, 1.807) is 30.5 Å². The fraction of sp³-hybridized carbons (Fsp3) is 0.320. The van der Waals surface area contributed by atoms with E-state index in [4.69, 9.17) is 4.74 Å². The summed E-state index contributed by atoms with van der Waals surface area (Å²) in [7, 11) is 0. The van der Waals surface area contributed by atoms with Crippen molar-refractivity contribution in [1.82, 2.24) is 15.3 Å². The molecule has 3 atom stereocenters. The van der Waals surface area contributed by atoms with Crippen molar-refractivity contribution in [1.29, 1.82) is 0 Å². The van der Waals surface area contributed by atoms with Gasteiger partial charge in [0.05, 0.1) is 11.7 Å². The van der Waals surface area contributed by atoms with Crippen molar-refractivity contribution in [2.24, 2.45) is 0 Å². The maximum absolute atomic E-state index is 11.5. The number of nitrogens with one attached hydrogen (secondary N) is 1. The maximum Gasteiger partial charge on any atom is 0.336 e. The van der Waals surface area contributed by atoms with E-state index >= 15 is 0 Å². The van der Waals surface area contributed by atoms with Crippen LogP contribution in [0, 0.1) is 0 Å². The number of ether oxygens (including phenoxy) is 1. The molecule has 3 N–H and O–H groups in total. The Kier molecular flexibility index (Phi) is 6.78. The van der Waals surface area contributed by atoms with Gasteiger partial charge in [-0.1, -0.05) is 30.3 Å². The van der Waals surface area contributed by atoms with Crippen molar-refractivity contribution in [3.8, 4) is 17.1 Å². The van der Waals surface area contributed by atoms with E-state index < -0.39 is 12.1 Å². The van der Waals surface area contributed by atoms with Gasteiger partial charge in [-0.05, 0) is 49.6 Å². The molecule has 166 valence electrons. The van der Waals surface area contributed by atoms with Crippen LogP contribution in [-0.2, 0) is 6.42 Å². The van der Waals surface area contributed by atoms with Gasteiger partial charge in [-0.2, -0.15) is 0 Å². The molecule has 1 saturated heterocycles. The summed E-state index contributed by atoms with van der Waals surface area (Å²) in [5, 5.41) is 23.7. The lowest BCUT2D eigenvalue weighted by Gasteiger charge is -2.28. The van der Waals surface area contributed by atoms with Gasteiger partial charge < -0.3 is 20.3 Å². The normalized spacial score (nSPS) is 19.3. The molecule has 0 saturated carbocycles. The lowest BCUT2D eigenvalue weighted by Crippen LogP contribution is -2.42. The minimum atomic E-state index is -1.03. The summed E-state index contributed by atoms with van der Waals surface area (Å²) in [5.74, 6) is 0.0274. The second-order valence-electron chi connectivity index (χ2n) is 8.14. The number of nitrogens with zero attached hydrogens (tertiary/aromatic N) is 2. The van der Waals surface area contributed by atoms with Gasteiger partial charge in [0.1, 0.15) is 11.9 Å². The molecule has 0 bridgehead atoms. The number of aromatic carboxylic acids is 1. The van der Waals surface area contributed by atoms with E-state index in [0.29, 0.717) is 23.1 Å². The summed E-state index contributed by atoms with van der Waals surface area (Å²) < 4.78 is 6.10. The molecule has 1 aliphatic rings. The zero-order valence-electron chi connectivity index (χ0n) is 17.9. The number of hydrogen-bond acceptors (Lipinski definition) is 6. The van der Waals surface area contributed by atoms with Gasteiger partial charge in [-0.3, -0.25) is 0 Å². The van der Waals surface area contributed by atoms with E-state index in [1.807, 2.05) is 24.3 Å². The predicted octanol–water partition coefficient (Wildman–Crippen LogP) is 3.64. The molecule has 4 rings (SSSR count). The van der Waals surface area contributed by atoms with Crippen LogP contribution < -0.4 is 10.1 Å². The predicted molar refractivity (Wildman–Crippen MR) is 121 cm³/mol. The van der Waals surface area contributed by atoms with E-state index in [-0.39, 0.29) is 18.1 Å². The van der Waals surface area contributed by atoms with Crippen molar-refractivity contribution in [2.75, 3.05) is 6.54 Å². The first-order valence-electron chi connectivity index (χ1n) is 10.8. The van der Waals surface area contributed by atoms with Gasteiger partial charge in [0.15, 0.2) is 5.82 Å². The fourth-order valence-corrected chi connectivity index (χ4v) is 3.88. The molecule has 2 heterocycles. The zero-order valence-corrected chi connectivity index (χ0v) is 17.9. The van der Waals surface area contributed by atoms with Crippen LogP contribution >= 0.6 is 0 Å². The smallest absolute Gasteiger partial charge is 0.336 e. The number of aliphatic hydroxyl groups excluding tert-OH is 1. The van der Waals surface area contributed by atoms with Crippen molar-refractivity contribution in [2.45, 2.75) is 44.4 Å². The number of carboxylic acid groups (broad SMARTS) is 1. The second kappa shape index (κ2) is 9.89. The van der Waals surface area contributed by atoms with Crippen LogP contribution in [0.4, 0.5) is 0 Å². The van der Waals surface area contributed by atoms with Crippen molar-refractivity contribution >= 4 is 5.97 Å². The SMILES string of the molecule is C[C@@H]1CC[C@@H](Oc2cccc(C(O)Cc3ccnc(-c4ccccc4C(=O)O)n3)c2)CN1. The summed E-state index contributed by atoms with van der Waals surface area (Å²) in [6.45, 7) is 2.99. The Hall–Kier alpha value is -3.29. The van der Waals surface area contributed by atoms with Crippen molar-refractivity contribution < 1.29 is 19.7 Å². The minimum Gasteiger partial charge on any atom is -0.489 e.